The minimum absolute atomic E-state index is 0.0215. The van der Waals surface area contributed by atoms with Crippen molar-refractivity contribution < 1.29 is 18.0 Å². The lowest BCUT2D eigenvalue weighted by molar-refractivity contribution is -0.128. The Morgan fingerprint density at radius 3 is 2.00 bits per heavy atom. The molecule has 0 radical (unpaired) electrons. The molecular weight excluding hydrogens is 327 g/mol. The average Bonchev–Trinajstić information content (AvgIpc) is 2.57. The maximum atomic E-state index is 13.4. The summed E-state index contributed by atoms with van der Waals surface area (Å²) in [5.41, 5.74) is -0.0881. The molecule has 0 spiro atoms. The van der Waals surface area contributed by atoms with Gasteiger partial charge in [0.2, 0.25) is 5.91 Å². The molecule has 0 heterocycles. The second-order valence-electron chi connectivity index (χ2n) is 5.97. The zero-order valence-electron chi connectivity index (χ0n) is 14.1. The van der Waals surface area contributed by atoms with Crippen molar-refractivity contribution >= 4 is 11.5 Å². The van der Waals surface area contributed by atoms with E-state index in [-0.39, 0.29) is 18.2 Å². The molecule has 0 aliphatic heterocycles. The molecular formula is C20H20F3NO. The minimum atomic E-state index is -4.60. The fourth-order valence-electron chi connectivity index (χ4n) is 2.45. The van der Waals surface area contributed by atoms with Crippen molar-refractivity contribution in [1.82, 2.24) is 4.90 Å². The fraction of sp³-hybridized carbons (Fsp3) is 0.250. The average molecular weight is 347 g/mol. The van der Waals surface area contributed by atoms with Crippen molar-refractivity contribution in [3.8, 4) is 0 Å². The Balaban J connectivity index is 2.34. The first-order valence-electron chi connectivity index (χ1n) is 7.98. The molecule has 0 saturated carbocycles. The molecule has 0 aliphatic carbocycles. The Kier molecular flexibility index (Phi) is 6.02. The summed E-state index contributed by atoms with van der Waals surface area (Å²) in [6.07, 6.45) is -3.91. The first-order chi connectivity index (χ1) is 11.8. The highest BCUT2D eigenvalue weighted by Gasteiger charge is 2.35. The SMILES string of the molecule is CC(C)N(Cc1ccccc1)C(=O)/C=C(/c1ccccc1)C(F)(F)F. The van der Waals surface area contributed by atoms with E-state index in [0.717, 1.165) is 5.56 Å². The molecule has 0 fully saturated rings. The molecule has 132 valence electrons. The van der Waals surface area contributed by atoms with Crippen LogP contribution in [-0.4, -0.2) is 23.0 Å². The van der Waals surface area contributed by atoms with E-state index in [0.29, 0.717) is 6.08 Å². The highest BCUT2D eigenvalue weighted by Crippen LogP contribution is 2.34. The molecule has 0 unspecified atom stereocenters. The van der Waals surface area contributed by atoms with Crippen molar-refractivity contribution in [3.05, 3.63) is 77.9 Å². The summed E-state index contributed by atoms with van der Waals surface area (Å²) >= 11 is 0. The lowest BCUT2D eigenvalue weighted by Crippen LogP contribution is -2.35. The molecule has 0 saturated heterocycles. The summed E-state index contributed by atoms with van der Waals surface area (Å²) in [5, 5.41) is 0. The molecule has 5 heteroatoms. The monoisotopic (exact) mass is 347 g/mol. The van der Waals surface area contributed by atoms with Crippen LogP contribution in [0.4, 0.5) is 13.2 Å². The van der Waals surface area contributed by atoms with Gasteiger partial charge in [0, 0.05) is 18.7 Å². The van der Waals surface area contributed by atoms with Gasteiger partial charge in [0.25, 0.3) is 0 Å². The number of carbonyl (C=O) groups is 1. The number of rotatable bonds is 5. The van der Waals surface area contributed by atoms with Gasteiger partial charge in [-0.1, -0.05) is 60.7 Å². The lowest BCUT2D eigenvalue weighted by atomic mass is 10.0. The Morgan fingerprint density at radius 2 is 1.52 bits per heavy atom. The first kappa shape index (κ1) is 18.8. The van der Waals surface area contributed by atoms with E-state index in [4.69, 9.17) is 0 Å². The first-order valence-corrected chi connectivity index (χ1v) is 7.98. The van der Waals surface area contributed by atoms with Gasteiger partial charge in [-0.05, 0) is 25.0 Å². The molecule has 2 aromatic carbocycles. The molecule has 2 nitrogen and oxygen atoms in total. The van der Waals surface area contributed by atoms with Gasteiger partial charge < -0.3 is 4.90 Å². The maximum Gasteiger partial charge on any atom is 0.417 e. The van der Waals surface area contributed by atoms with E-state index in [9.17, 15) is 18.0 Å². The van der Waals surface area contributed by atoms with Crippen molar-refractivity contribution in [2.75, 3.05) is 0 Å². The number of nitrogens with zero attached hydrogens (tertiary/aromatic N) is 1. The summed E-state index contributed by atoms with van der Waals surface area (Å²) in [7, 11) is 0. The van der Waals surface area contributed by atoms with Gasteiger partial charge >= 0.3 is 6.18 Å². The van der Waals surface area contributed by atoms with Gasteiger partial charge in [-0.2, -0.15) is 13.2 Å². The van der Waals surface area contributed by atoms with Crippen LogP contribution in [-0.2, 0) is 11.3 Å². The number of hydrogen-bond donors (Lipinski definition) is 0. The standard InChI is InChI=1S/C20H20F3NO/c1-15(2)24(14-16-9-5-3-6-10-16)19(25)13-18(20(21,22)23)17-11-7-4-8-12-17/h3-13,15H,14H2,1-2H3/b18-13-. The molecule has 2 aromatic rings. The van der Waals surface area contributed by atoms with Crippen LogP contribution in [0, 0.1) is 0 Å². The third kappa shape index (κ3) is 5.21. The van der Waals surface area contributed by atoms with E-state index in [1.165, 1.54) is 29.2 Å². The summed E-state index contributed by atoms with van der Waals surface area (Å²) in [4.78, 5) is 14.0. The zero-order valence-corrected chi connectivity index (χ0v) is 14.1. The van der Waals surface area contributed by atoms with Crippen LogP contribution < -0.4 is 0 Å². The van der Waals surface area contributed by atoms with E-state index in [1.54, 1.807) is 19.9 Å². The lowest BCUT2D eigenvalue weighted by Gasteiger charge is -2.26. The van der Waals surface area contributed by atoms with Gasteiger partial charge in [-0.25, -0.2) is 0 Å². The van der Waals surface area contributed by atoms with Crippen LogP contribution in [0.5, 0.6) is 0 Å². The second kappa shape index (κ2) is 8.01. The van der Waals surface area contributed by atoms with Crippen molar-refractivity contribution in [1.29, 1.82) is 0 Å². The van der Waals surface area contributed by atoms with Crippen molar-refractivity contribution in [2.45, 2.75) is 32.6 Å². The number of benzene rings is 2. The number of hydrogen-bond acceptors (Lipinski definition) is 1. The van der Waals surface area contributed by atoms with Crippen LogP contribution >= 0.6 is 0 Å². The maximum absolute atomic E-state index is 13.4. The highest BCUT2D eigenvalue weighted by atomic mass is 19.4. The van der Waals surface area contributed by atoms with Gasteiger partial charge in [-0.15, -0.1) is 0 Å². The Bertz CT molecular complexity index is 722. The van der Waals surface area contributed by atoms with Crippen LogP contribution in [0.15, 0.2) is 66.7 Å². The minimum Gasteiger partial charge on any atom is -0.332 e. The highest BCUT2D eigenvalue weighted by molar-refractivity contribution is 5.96. The molecule has 0 bridgehead atoms. The molecule has 1 amide bonds. The van der Waals surface area contributed by atoms with E-state index in [2.05, 4.69) is 0 Å². The number of alkyl halides is 3. The Morgan fingerprint density at radius 1 is 1.00 bits per heavy atom. The van der Waals surface area contributed by atoms with Crippen LogP contribution in [0.1, 0.15) is 25.0 Å². The van der Waals surface area contributed by atoms with Gasteiger partial charge in [0.15, 0.2) is 0 Å². The van der Waals surface area contributed by atoms with E-state index >= 15 is 0 Å². The number of amides is 1. The van der Waals surface area contributed by atoms with Crippen LogP contribution in [0.25, 0.3) is 5.57 Å². The topological polar surface area (TPSA) is 20.3 Å². The molecule has 25 heavy (non-hydrogen) atoms. The predicted molar refractivity (Wildman–Crippen MR) is 92.6 cm³/mol. The smallest absolute Gasteiger partial charge is 0.332 e. The van der Waals surface area contributed by atoms with Gasteiger partial charge in [0.1, 0.15) is 0 Å². The number of allylic oxidation sites excluding steroid dienone is 1. The molecule has 0 aromatic heterocycles. The third-order valence-electron chi connectivity index (χ3n) is 3.76. The van der Waals surface area contributed by atoms with Crippen LogP contribution in [0.3, 0.4) is 0 Å². The molecule has 0 atom stereocenters. The second-order valence-corrected chi connectivity index (χ2v) is 5.97. The van der Waals surface area contributed by atoms with Gasteiger partial charge in [-0.3, -0.25) is 4.79 Å². The van der Waals surface area contributed by atoms with E-state index in [1.807, 2.05) is 30.3 Å². The molecule has 0 N–H and O–H groups in total. The third-order valence-corrected chi connectivity index (χ3v) is 3.76. The van der Waals surface area contributed by atoms with Gasteiger partial charge in [0.05, 0.1) is 5.57 Å². The van der Waals surface area contributed by atoms with Crippen molar-refractivity contribution in [2.24, 2.45) is 0 Å². The largest absolute Gasteiger partial charge is 0.417 e. The number of halogens is 3. The number of carbonyl (C=O) groups excluding carboxylic acids is 1. The normalized spacial score (nSPS) is 12.3. The molecule has 0 aliphatic rings. The summed E-state index contributed by atoms with van der Waals surface area (Å²) in [6.45, 7) is 3.82. The predicted octanol–water partition coefficient (Wildman–Crippen LogP) is 5.07. The van der Waals surface area contributed by atoms with Crippen LogP contribution in [0.2, 0.25) is 0 Å². The fourth-order valence-corrected chi connectivity index (χ4v) is 2.45. The zero-order chi connectivity index (χ0) is 18.4. The quantitative estimate of drug-likeness (QED) is 0.692. The summed E-state index contributed by atoms with van der Waals surface area (Å²) in [6, 6.07) is 16.3. The Hall–Kier alpha value is -2.56. The molecule has 2 rings (SSSR count). The Labute approximate surface area is 145 Å². The van der Waals surface area contributed by atoms with Crippen molar-refractivity contribution in [3.63, 3.8) is 0 Å². The summed E-state index contributed by atoms with van der Waals surface area (Å²) < 4.78 is 40.3. The van der Waals surface area contributed by atoms with E-state index < -0.39 is 17.7 Å². The summed E-state index contributed by atoms with van der Waals surface area (Å²) in [5.74, 6) is -0.657.